The number of anilines is 1. The molecule has 6 nitrogen and oxygen atoms in total. The van der Waals surface area contributed by atoms with E-state index >= 15 is 0 Å². The van der Waals surface area contributed by atoms with Crippen molar-refractivity contribution in [1.82, 2.24) is 4.98 Å². The molecule has 33 heavy (non-hydrogen) atoms. The molecule has 0 fully saturated rings. The SMILES string of the molecule is Clc1ccc(COc2ccc(/C=N\Nc3nc(-c4ccco4)c(-c4ccco4)s3)cc2)cc1. The first-order valence-electron chi connectivity index (χ1n) is 10.1. The van der Waals surface area contributed by atoms with Crippen LogP contribution in [0.15, 0.2) is 99.3 Å². The number of ether oxygens (including phenoxy) is 1. The Hall–Kier alpha value is -3.81. The highest BCUT2D eigenvalue weighted by molar-refractivity contribution is 7.19. The second kappa shape index (κ2) is 9.77. The lowest BCUT2D eigenvalue weighted by atomic mass is 10.2. The number of furan rings is 2. The number of benzene rings is 2. The van der Waals surface area contributed by atoms with Crippen molar-refractivity contribution in [1.29, 1.82) is 0 Å². The third kappa shape index (κ3) is 5.16. The summed E-state index contributed by atoms with van der Waals surface area (Å²) in [4.78, 5) is 5.49. The number of thiazole rings is 1. The van der Waals surface area contributed by atoms with Crippen LogP contribution in [0.4, 0.5) is 5.13 Å². The fourth-order valence-electron chi connectivity index (χ4n) is 3.08. The van der Waals surface area contributed by atoms with Crippen LogP contribution in [0.3, 0.4) is 0 Å². The van der Waals surface area contributed by atoms with E-state index in [-0.39, 0.29) is 0 Å². The van der Waals surface area contributed by atoms with Crippen LogP contribution in [0.2, 0.25) is 5.02 Å². The normalized spacial score (nSPS) is 11.2. The molecule has 1 N–H and O–H groups in total. The van der Waals surface area contributed by atoms with Gasteiger partial charge < -0.3 is 13.6 Å². The molecule has 0 radical (unpaired) electrons. The average molecular weight is 476 g/mol. The quantitative estimate of drug-likeness (QED) is 0.188. The van der Waals surface area contributed by atoms with Gasteiger partial charge in [-0.15, -0.1) is 0 Å². The molecule has 164 valence electrons. The van der Waals surface area contributed by atoms with Crippen LogP contribution in [-0.2, 0) is 6.61 Å². The topological polar surface area (TPSA) is 72.8 Å². The lowest BCUT2D eigenvalue weighted by Crippen LogP contribution is -1.95. The summed E-state index contributed by atoms with van der Waals surface area (Å²) in [7, 11) is 0. The van der Waals surface area contributed by atoms with Gasteiger partial charge in [0.2, 0.25) is 5.13 Å². The molecule has 0 bridgehead atoms. The maximum absolute atomic E-state index is 5.91. The van der Waals surface area contributed by atoms with Crippen LogP contribution in [0, 0.1) is 0 Å². The fourth-order valence-corrected chi connectivity index (χ4v) is 4.10. The van der Waals surface area contributed by atoms with Crippen LogP contribution in [0.1, 0.15) is 11.1 Å². The van der Waals surface area contributed by atoms with Crippen molar-refractivity contribution in [3.05, 3.63) is 101 Å². The van der Waals surface area contributed by atoms with E-state index in [9.17, 15) is 0 Å². The molecule has 3 aromatic heterocycles. The van der Waals surface area contributed by atoms with Gasteiger partial charge in [0.05, 0.1) is 18.7 Å². The zero-order valence-corrected chi connectivity index (χ0v) is 18.8. The predicted octanol–water partition coefficient (Wildman–Crippen LogP) is 7.34. The van der Waals surface area contributed by atoms with Crippen molar-refractivity contribution < 1.29 is 13.6 Å². The average Bonchev–Trinajstić information content (AvgIpc) is 3.61. The minimum Gasteiger partial charge on any atom is -0.489 e. The fraction of sp³-hybridized carbons (Fsp3) is 0.0400. The van der Waals surface area contributed by atoms with Gasteiger partial charge in [-0.2, -0.15) is 5.10 Å². The summed E-state index contributed by atoms with van der Waals surface area (Å²) in [5.74, 6) is 2.18. The van der Waals surface area contributed by atoms with Gasteiger partial charge in [0.1, 0.15) is 28.7 Å². The first kappa shape index (κ1) is 21.1. The zero-order valence-electron chi connectivity index (χ0n) is 17.3. The molecule has 0 saturated carbocycles. The van der Waals surface area contributed by atoms with Crippen LogP contribution in [-0.4, -0.2) is 11.2 Å². The molecule has 0 spiro atoms. The van der Waals surface area contributed by atoms with Crippen LogP contribution in [0.5, 0.6) is 5.75 Å². The highest BCUT2D eigenvalue weighted by atomic mass is 35.5. The molecule has 3 heterocycles. The molecule has 0 saturated heterocycles. The van der Waals surface area contributed by atoms with E-state index in [2.05, 4.69) is 15.5 Å². The van der Waals surface area contributed by atoms with Crippen molar-refractivity contribution in [2.24, 2.45) is 5.10 Å². The number of hydrogen-bond donors (Lipinski definition) is 1. The van der Waals surface area contributed by atoms with Gasteiger partial charge in [-0.1, -0.05) is 35.1 Å². The third-order valence-electron chi connectivity index (χ3n) is 4.70. The second-order valence-corrected chi connectivity index (χ2v) is 8.44. The van der Waals surface area contributed by atoms with Gasteiger partial charge in [-0.3, -0.25) is 5.43 Å². The number of hydrogen-bond acceptors (Lipinski definition) is 7. The smallest absolute Gasteiger partial charge is 0.204 e. The van der Waals surface area contributed by atoms with E-state index in [0.717, 1.165) is 27.5 Å². The van der Waals surface area contributed by atoms with E-state index < -0.39 is 0 Å². The summed E-state index contributed by atoms with van der Waals surface area (Å²) in [6.07, 6.45) is 4.98. The molecule has 0 unspecified atom stereocenters. The van der Waals surface area contributed by atoms with E-state index in [1.165, 1.54) is 11.3 Å². The van der Waals surface area contributed by atoms with Crippen LogP contribution in [0.25, 0.3) is 22.1 Å². The summed E-state index contributed by atoms with van der Waals surface area (Å²) in [6.45, 7) is 0.478. The second-order valence-electron chi connectivity index (χ2n) is 7.01. The maximum atomic E-state index is 5.91. The van der Waals surface area contributed by atoms with E-state index in [1.54, 1.807) is 18.7 Å². The minimum atomic E-state index is 0.478. The Balaban J connectivity index is 1.23. The predicted molar refractivity (Wildman–Crippen MR) is 131 cm³/mol. The minimum absolute atomic E-state index is 0.478. The number of hydrazone groups is 1. The molecule has 5 rings (SSSR count). The summed E-state index contributed by atoms with van der Waals surface area (Å²) < 4.78 is 16.9. The lowest BCUT2D eigenvalue weighted by Gasteiger charge is -2.06. The molecule has 5 aromatic rings. The molecule has 2 aromatic carbocycles. The lowest BCUT2D eigenvalue weighted by molar-refractivity contribution is 0.306. The standard InChI is InChI=1S/C25H18ClN3O3S/c26-19-9-5-18(6-10-19)16-32-20-11-7-17(8-12-20)15-27-29-25-28-23(21-3-1-13-30-21)24(33-25)22-4-2-14-31-22/h1-15H,16H2,(H,28,29)/b27-15-. The molecule has 0 amide bonds. The number of nitrogens with zero attached hydrogens (tertiary/aromatic N) is 2. The Kier molecular flexibility index (Phi) is 6.23. The van der Waals surface area contributed by atoms with Crippen molar-refractivity contribution in [2.75, 3.05) is 5.43 Å². The van der Waals surface area contributed by atoms with Gasteiger partial charge >= 0.3 is 0 Å². The van der Waals surface area contributed by atoms with Crippen molar-refractivity contribution in [2.45, 2.75) is 6.61 Å². The number of nitrogens with one attached hydrogen (secondary N) is 1. The van der Waals surface area contributed by atoms with Crippen LogP contribution >= 0.6 is 22.9 Å². The zero-order chi connectivity index (χ0) is 22.5. The molecule has 0 aliphatic carbocycles. The van der Waals surface area contributed by atoms with Gasteiger partial charge in [-0.25, -0.2) is 4.98 Å². The first-order valence-corrected chi connectivity index (χ1v) is 11.3. The van der Waals surface area contributed by atoms with E-state index in [4.69, 9.17) is 25.2 Å². The van der Waals surface area contributed by atoms with E-state index in [0.29, 0.717) is 28.2 Å². The molecule has 0 aliphatic heterocycles. The summed E-state index contributed by atoms with van der Waals surface area (Å²) >= 11 is 7.35. The Morgan fingerprint density at radius 3 is 2.36 bits per heavy atom. The highest BCUT2D eigenvalue weighted by Gasteiger charge is 2.18. The number of aromatic nitrogens is 1. The van der Waals surface area contributed by atoms with Gasteiger partial charge in [0.25, 0.3) is 0 Å². The van der Waals surface area contributed by atoms with Gasteiger partial charge in [-0.05, 0) is 71.8 Å². The van der Waals surface area contributed by atoms with Crippen molar-refractivity contribution in [3.63, 3.8) is 0 Å². The summed E-state index contributed by atoms with van der Waals surface area (Å²) in [5.41, 5.74) is 5.69. The monoisotopic (exact) mass is 475 g/mol. The van der Waals surface area contributed by atoms with Crippen LogP contribution < -0.4 is 10.2 Å². The maximum Gasteiger partial charge on any atom is 0.204 e. The van der Waals surface area contributed by atoms with Crippen molar-refractivity contribution in [3.8, 4) is 27.8 Å². The summed E-state index contributed by atoms with van der Waals surface area (Å²) in [5, 5.41) is 5.66. The number of halogens is 1. The highest BCUT2D eigenvalue weighted by Crippen LogP contribution is 2.39. The first-order chi connectivity index (χ1) is 16.2. The van der Waals surface area contributed by atoms with Gasteiger partial charge in [0, 0.05) is 5.02 Å². The molecule has 0 atom stereocenters. The molecular formula is C25H18ClN3O3S. The Morgan fingerprint density at radius 1 is 0.939 bits per heavy atom. The number of rotatable bonds is 8. The molecule has 0 aliphatic rings. The Morgan fingerprint density at radius 2 is 1.67 bits per heavy atom. The largest absolute Gasteiger partial charge is 0.489 e. The summed E-state index contributed by atoms with van der Waals surface area (Å²) in [6, 6.07) is 22.7. The third-order valence-corrected chi connectivity index (χ3v) is 5.93. The Bertz CT molecular complexity index is 1280. The van der Waals surface area contributed by atoms with E-state index in [1.807, 2.05) is 72.8 Å². The van der Waals surface area contributed by atoms with Gasteiger partial charge in [0.15, 0.2) is 5.76 Å². The Labute approximate surface area is 199 Å². The molecule has 8 heteroatoms. The molecular weight excluding hydrogens is 458 g/mol. The van der Waals surface area contributed by atoms with Crippen molar-refractivity contribution >= 4 is 34.3 Å².